The van der Waals surface area contributed by atoms with Crippen LogP contribution >= 0.6 is 23.1 Å². The normalized spacial score (nSPS) is 24.1. The summed E-state index contributed by atoms with van der Waals surface area (Å²) in [5, 5.41) is 5.08. The van der Waals surface area contributed by atoms with E-state index in [-0.39, 0.29) is 5.91 Å². The fourth-order valence-corrected chi connectivity index (χ4v) is 5.05. The van der Waals surface area contributed by atoms with Crippen LogP contribution in [0.4, 0.5) is 0 Å². The summed E-state index contributed by atoms with van der Waals surface area (Å²) in [6.07, 6.45) is 7.34. The molecule has 2 saturated heterocycles. The van der Waals surface area contributed by atoms with Crippen LogP contribution in [0.5, 0.6) is 0 Å². The summed E-state index contributed by atoms with van der Waals surface area (Å²) in [6.45, 7) is 3.23. The molecule has 0 radical (unpaired) electrons. The minimum atomic E-state index is 0.0306. The summed E-state index contributed by atoms with van der Waals surface area (Å²) < 4.78 is 0. The lowest BCUT2D eigenvalue weighted by molar-refractivity contribution is -0.116. The molecule has 0 spiro atoms. The van der Waals surface area contributed by atoms with Gasteiger partial charge in [-0.1, -0.05) is 6.07 Å². The van der Waals surface area contributed by atoms with E-state index in [1.807, 2.05) is 23.6 Å². The monoisotopic (exact) mass is 336 g/mol. The third-order valence-electron chi connectivity index (χ3n) is 4.58. The van der Waals surface area contributed by atoms with Gasteiger partial charge in [0.15, 0.2) is 0 Å². The highest BCUT2D eigenvalue weighted by Gasteiger charge is 2.27. The molecule has 3 nitrogen and oxygen atoms in total. The van der Waals surface area contributed by atoms with Crippen molar-refractivity contribution in [2.75, 3.05) is 31.1 Å². The smallest absolute Gasteiger partial charge is 0.244 e. The molecular weight excluding hydrogens is 312 g/mol. The number of likely N-dealkylation sites (tertiary alicyclic amines) is 1. The predicted molar refractivity (Wildman–Crippen MR) is 96.4 cm³/mol. The van der Waals surface area contributed by atoms with Crippen molar-refractivity contribution in [1.82, 2.24) is 10.2 Å². The molecule has 2 aliphatic rings. The number of piperidine rings is 1. The Kier molecular flexibility index (Phi) is 5.98. The molecule has 0 unspecified atom stereocenters. The molecule has 1 N–H and O–H groups in total. The Balaban J connectivity index is 1.35. The molecule has 120 valence electrons. The van der Waals surface area contributed by atoms with E-state index in [0.29, 0.717) is 5.92 Å². The number of carbonyl (C=O) groups is 1. The topological polar surface area (TPSA) is 32.3 Å². The van der Waals surface area contributed by atoms with E-state index in [9.17, 15) is 4.79 Å². The number of nitrogens with zero attached hydrogens (tertiary/aromatic N) is 1. The zero-order valence-electron chi connectivity index (χ0n) is 12.9. The van der Waals surface area contributed by atoms with Crippen LogP contribution < -0.4 is 5.32 Å². The highest BCUT2D eigenvalue weighted by atomic mass is 32.2. The molecule has 0 aromatic carbocycles. The Morgan fingerprint density at radius 1 is 1.36 bits per heavy atom. The van der Waals surface area contributed by atoms with Gasteiger partial charge in [0.25, 0.3) is 0 Å². The molecule has 0 aliphatic carbocycles. The third-order valence-corrected chi connectivity index (χ3v) is 6.56. The van der Waals surface area contributed by atoms with Gasteiger partial charge in [0.05, 0.1) is 0 Å². The van der Waals surface area contributed by atoms with Gasteiger partial charge >= 0.3 is 0 Å². The van der Waals surface area contributed by atoms with E-state index in [1.165, 1.54) is 43.9 Å². The number of hydrogen-bond acceptors (Lipinski definition) is 4. The van der Waals surface area contributed by atoms with Crippen molar-refractivity contribution in [2.24, 2.45) is 5.92 Å². The maximum Gasteiger partial charge on any atom is 0.244 e. The fraction of sp³-hybridized carbons (Fsp3) is 0.588. The lowest BCUT2D eigenvalue weighted by Gasteiger charge is -2.35. The standard InChI is InChI=1S/C17H24N2OS2/c20-17(4-3-16-2-1-10-22-16)18-12-14-5-8-19(9-6-14)15-7-11-21-13-15/h1-4,10,14-15H,5-9,11-13H2,(H,18,20)/b4-3+/t15-/m0/s1. The Labute approximate surface area is 141 Å². The first-order valence-electron chi connectivity index (χ1n) is 8.12. The summed E-state index contributed by atoms with van der Waals surface area (Å²) >= 11 is 3.74. The largest absolute Gasteiger partial charge is 0.352 e. The van der Waals surface area contributed by atoms with Gasteiger partial charge in [-0.15, -0.1) is 11.3 Å². The second-order valence-electron chi connectivity index (χ2n) is 6.09. The van der Waals surface area contributed by atoms with Crippen molar-refractivity contribution < 1.29 is 4.79 Å². The van der Waals surface area contributed by atoms with Crippen molar-refractivity contribution in [3.05, 3.63) is 28.5 Å². The van der Waals surface area contributed by atoms with Crippen LogP contribution in [0.3, 0.4) is 0 Å². The quantitative estimate of drug-likeness (QED) is 0.839. The molecular formula is C17H24N2OS2. The van der Waals surface area contributed by atoms with Crippen LogP contribution in [0.1, 0.15) is 24.1 Å². The van der Waals surface area contributed by atoms with Crippen molar-refractivity contribution >= 4 is 35.1 Å². The first-order valence-corrected chi connectivity index (χ1v) is 10.2. The molecule has 0 saturated carbocycles. The highest BCUT2D eigenvalue weighted by molar-refractivity contribution is 7.99. The number of hydrogen-bond donors (Lipinski definition) is 1. The van der Waals surface area contributed by atoms with E-state index < -0.39 is 0 Å². The van der Waals surface area contributed by atoms with E-state index in [1.54, 1.807) is 17.4 Å². The molecule has 2 fully saturated rings. The average molecular weight is 337 g/mol. The second kappa shape index (κ2) is 8.18. The predicted octanol–water partition coefficient (Wildman–Crippen LogP) is 3.10. The molecule has 1 aromatic heterocycles. The van der Waals surface area contributed by atoms with E-state index in [4.69, 9.17) is 0 Å². The molecule has 0 bridgehead atoms. The first-order chi connectivity index (χ1) is 10.8. The van der Waals surface area contributed by atoms with Crippen molar-refractivity contribution in [2.45, 2.75) is 25.3 Å². The van der Waals surface area contributed by atoms with Gasteiger partial charge in [0.2, 0.25) is 5.91 Å². The summed E-state index contributed by atoms with van der Waals surface area (Å²) in [4.78, 5) is 15.6. The zero-order valence-corrected chi connectivity index (χ0v) is 14.5. The molecule has 3 heterocycles. The fourth-order valence-electron chi connectivity index (χ4n) is 3.18. The van der Waals surface area contributed by atoms with Gasteiger partial charge < -0.3 is 5.32 Å². The number of thioether (sulfide) groups is 1. The molecule has 1 atom stereocenters. The van der Waals surface area contributed by atoms with Gasteiger partial charge in [0, 0.05) is 29.3 Å². The molecule has 1 aromatic rings. The number of amides is 1. The van der Waals surface area contributed by atoms with Gasteiger partial charge in [-0.25, -0.2) is 0 Å². The molecule has 1 amide bonds. The van der Waals surface area contributed by atoms with Crippen LogP contribution in [0.15, 0.2) is 23.6 Å². The van der Waals surface area contributed by atoms with Crippen LogP contribution in [-0.2, 0) is 4.79 Å². The Morgan fingerprint density at radius 2 is 2.23 bits per heavy atom. The zero-order chi connectivity index (χ0) is 15.2. The van der Waals surface area contributed by atoms with Crippen molar-refractivity contribution in [3.8, 4) is 0 Å². The van der Waals surface area contributed by atoms with Crippen LogP contribution in [0.2, 0.25) is 0 Å². The van der Waals surface area contributed by atoms with Gasteiger partial charge in [-0.2, -0.15) is 11.8 Å². The number of thiophene rings is 1. The lowest BCUT2D eigenvalue weighted by atomic mass is 9.95. The first kappa shape index (κ1) is 16.1. The number of rotatable bonds is 5. The maximum absolute atomic E-state index is 11.8. The summed E-state index contributed by atoms with van der Waals surface area (Å²) in [7, 11) is 0. The second-order valence-corrected chi connectivity index (χ2v) is 8.22. The average Bonchev–Trinajstić information content (AvgIpc) is 3.24. The van der Waals surface area contributed by atoms with E-state index >= 15 is 0 Å². The van der Waals surface area contributed by atoms with E-state index in [2.05, 4.69) is 22.0 Å². The van der Waals surface area contributed by atoms with Crippen molar-refractivity contribution in [3.63, 3.8) is 0 Å². The summed E-state index contributed by atoms with van der Waals surface area (Å²) in [5.41, 5.74) is 0. The number of carbonyl (C=O) groups excluding carboxylic acids is 1. The molecule has 22 heavy (non-hydrogen) atoms. The van der Waals surface area contributed by atoms with Gasteiger partial charge in [0.1, 0.15) is 0 Å². The minimum absolute atomic E-state index is 0.0306. The molecule has 2 aliphatic heterocycles. The van der Waals surface area contributed by atoms with Gasteiger partial charge in [-0.05, 0) is 61.5 Å². The van der Waals surface area contributed by atoms with Crippen LogP contribution in [0.25, 0.3) is 6.08 Å². The van der Waals surface area contributed by atoms with Crippen LogP contribution in [0, 0.1) is 5.92 Å². The van der Waals surface area contributed by atoms with Crippen molar-refractivity contribution in [1.29, 1.82) is 0 Å². The third kappa shape index (κ3) is 4.61. The van der Waals surface area contributed by atoms with E-state index in [0.717, 1.165) is 17.5 Å². The van der Waals surface area contributed by atoms with Gasteiger partial charge in [-0.3, -0.25) is 9.69 Å². The lowest BCUT2D eigenvalue weighted by Crippen LogP contribution is -2.43. The number of nitrogens with one attached hydrogen (secondary N) is 1. The minimum Gasteiger partial charge on any atom is -0.352 e. The molecule has 3 rings (SSSR count). The van der Waals surface area contributed by atoms with Crippen LogP contribution in [-0.4, -0.2) is 48.0 Å². The Hall–Kier alpha value is -0.780. The highest BCUT2D eigenvalue weighted by Crippen LogP contribution is 2.26. The SMILES string of the molecule is O=C(/C=C/c1cccs1)NCC1CCN([C@H]2CCSC2)CC1. The molecule has 5 heteroatoms. The summed E-state index contributed by atoms with van der Waals surface area (Å²) in [5.74, 6) is 3.32. The Morgan fingerprint density at radius 3 is 2.91 bits per heavy atom. The maximum atomic E-state index is 11.8. The summed E-state index contributed by atoms with van der Waals surface area (Å²) in [6, 6.07) is 4.83. The Bertz CT molecular complexity index is 487.